The molecule has 12 nitrogen and oxygen atoms in total. The van der Waals surface area contributed by atoms with Gasteiger partial charge in [0.1, 0.15) is 24.8 Å². The van der Waals surface area contributed by atoms with Crippen LogP contribution >= 0.6 is 0 Å². The Morgan fingerprint density at radius 3 is 2.06 bits per heavy atom. The van der Waals surface area contributed by atoms with Gasteiger partial charge in [0.25, 0.3) is 5.91 Å². The van der Waals surface area contributed by atoms with Crippen LogP contribution in [-0.2, 0) is 19.1 Å². The number of amidine groups is 1. The number of hydrogen-bond donors (Lipinski definition) is 3. The molecule has 0 fully saturated rings. The lowest BCUT2D eigenvalue weighted by Crippen LogP contribution is -2.38. The number of Topliss-reactive ketones (excluding diaryl/α,β-unsaturated/α-hetero) is 1. The number of nitrogens with zero attached hydrogens (tertiary/aromatic N) is 1. The van der Waals surface area contributed by atoms with Crippen LogP contribution in [0.3, 0.4) is 0 Å². The average molecular weight is 499 g/mol. The molecular weight excluding hydrogens is 474 g/mol. The lowest BCUT2D eigenvalue weighted by Gasteiger charge is -2.14. The number of carbonyl (C=O) groups is 5. The standard InChI is InChI=1S/C24H25N3O9/c1-14(21(31)16-7-9-19(10-8-16)36-13-20(29)30)26-23(32)18-5-3-17(4-6-18)22(25)27-24(33)35-12-11-34-15(2)28/h3-10,14H,11-13H2,1-2H3,(H,26,32)(H,29,30)(H2,25,27,33)/t14-/m0/s1. The van der Waals surface area contributed by atoms with Crippen molar-refractivity contribution in [1.82, 2.24) is 5.32 Å². The molecule has 0 aliphatic rings. The van der Waals surface area contributed by atoms with E-state index in [0.717, 1.165) is 0 Å². The molecule has 0 saturated carbocycles. The first-order chi connectivity index (χ1) is 17.1. The molecule has 2 amide bonds. The molecule has 2 aromatic rings. The van der Waals surface area contributed by atoms with Gasteiger partial charge < -0.3 is 30.4 Å². The Balaban J connectivity index is 1.91. The summed E-state index contributed by atoms with van der Waals surface area (Å²) in [5, 5.41) is 11.2. The molecule has 1 atom stereocenters. The van der Waals surface area contributed by atoms with Crippen LogP contribution in [-0.4, -0.2) is 66.5 Å². The number of carboxylic acid groups (broad SMARTS) is 1. The van der Waals surface area contributed by atoms with Crippen molar-refractivity contribution in [1.29, 1.82) is 0 Å². The summed E-state index contributed by atoms with van der Waals surface area (Å²) in [6.45, 7) is 1.98. The fourth-order valence-corrected chi connectivity index (χ4v) is 2.76. The Kier molecular flexibility index (Phi) is 10.1. The van der Waals surface area contributed by atoms with Gasteiger partial charge in [-0.1, -0.05) is 12.1 Å². The SMILES string of the molecule is CC(=O)OCCOC(=O)/N=C(/N)c1ccc(C(=O)N[C@@H](C)C(=O)c2ccc(OCC(=O)O)cc2)cc1. The zero-order valence-electron chi connectivity index (χ0n) is 19.6. The van der Waals surface area contributed by atoms with Gasteiger partial charge >= 0.3 is 18.0 Å². The maximum atomic E-state index is 12.6. The lowest BCUT2D eigenvalue weighted by atomic mass is 10.0. The first kappa shape index (κ1) is 27.5. The van der Waals surface area contributed by atoms with E-state index < -0.39 is 36.6 Å². The highest BCUT2D eigenvalue weighted by Gasteiger charge is 2.19. The number of nitrogens with one attached hydrogen (secondary N) is 1. The van der Waals surface area contributed by atoms with E-state index in [1.807, 2.05) is 0 Å². The van der Waals surface area contributed by atoms with E-state index in [4.69, 9.17) is 20.3 Å². The van der Waals surface area contributed by atoms with E-state index in [0.29, 0.717) is 16.9 Å². The van der Waals surface area contributed by atoms with Crippen molar-refractivity contribution < 1.29 is 43.3 Å². The highest BCUT2D eigenvalue weighted by molar-refractivity contribution is 6.05. The average Bonchev–Trinajstić information content (AvgIpc) is 2.85. The number of hydrogen-bond acceptors (Lipinski definition) is 8. The van der Waals surface area contributed by atoms with Crippen LogP contribution in [0.5, 0.6) is 5.75 Å². The minimum absolute atomic E-state index is 0.103. The Morgan fingerprint density at radius 1 is 0.917 bits per heavy atom. The molecule has 2 rings (SSSR count). The van der Waals surface area contributed by atoms with Gasteiger partial charge in [-0.05, 0) is 43.3 Å². The summed E-state index contributed by atoms with van der Waals surface area (Å²) in [6.07, 6.45) is -0.963. The third kappa shape index (κ3) is 8.89. The Bertz CT molecular complexity index is 1140. The quantitative estimate of drug-likeness (QED) is 0.135. The molecule has 2 aromatic carbocycles. The second kappa shape index (κ2) is 13.2. The number of ketones is 1. The number of rotatable bonds is 11. The third-order valence-corrected chi connectivity index (χ3v) is 4.51. The van der Waals surface area contributed by atoms with E-state index in [9.17, 15) is 24.0 Å². The van der Waals surface area contributed by atoms with E-state index in [-0.39, 0.29) is 30.4 Å². The predicted octanol–water partition coefficient (Wildman–Crippen LogP) is 1.56. The van der Waals surface area contributed by atoms with Gasteiger partial charge in [-0.25, -0.2) is 9.59 Å². The minimum Gasteiger partial charge on any atom is -0.482 e. The van der Waals surface area contributed by atoms with Crippen LogP contribution < -0.4 is 15.8 Å². The van der Waals surface area contributed by atoms with Gasteiger partial charge in [0.2, 0.25) is 0 Å². The first-order valence-electron chi connectivity index (χ1n) is 10.6. The van der Waals surface area contributed by atoms with Gasteiger partial charge in [-0.3, -0.25) is 14.4 Å². The number of esters is 1. The maximum absolute atomic E-state index is 12.6. The summed E-state index contributed by atoms with van der Waals surface area (Å²) >= 11 is 0. The van der Waals surface area contributed by atoms with Crippen molar-refractivity contribution in [2.24, 2.45) is 10.7 Å². The van der Waals surface area contributed by atoms with Crippen molar-refractivity contribution in [2.75, 3.05) is 19.8 Å². The van der Waals surface area contributed by atoms with E-state index >= 15 is 0 Å². The number of benzene rings is 2. The number of carboxylic acids is 1. The topological polar surface area (TPSA) is 184 Å². The number of aliphatic carboxylic acids is 1. The maximum Gasteiger partial charge on any atom is 0.435 e. The molecule has 0 spiro atoms. The number of aliphatic imine (C=N–C) groups is 1. The summed E-state index contributed by atoms with van der Waals surface area (Å²) in [4.78, 5) is 61.6. The number of ether oxygens (including phenoxy) is 3. The van der Waals surface area contributed by atoms with E-state index in [2.05, 4.69) is 15.0 Å². The van der Waals surface area contributed by atoms with Crippen molar-refractivity contribution in [3.63, 3.8) is 0 Å². The van der Waals surface area contributed by atoms with E-state index in [1.54, 1.807) is 0 Å². The van der Waals surface area contributed by atoms with Crippen molar-refractivity contribution in [3.05, 3.63) is 65.2 Å². The fraction of sp³-hybridized carbons (Fsp3) is 0.250. The minimum atomic E-state index is -1.12. The first-order valence-corrected chi connectivity index (χ1v) is 10.6. The zero-order chi connectivity index (χ0) is 26.7. The second-order valence-electron chi connectivity index (χ2n) is 7.29. The molecule has 4 N–H and O–H groups in total. The molecule has 0 bridgehead atoms. The normalized spacial score (nSPS) is 11.7. The molecular formula is C24H25N3O9. The zero-order valence-corrected chi connectivity index (χ0v) is 19.6. The number of nitrogens with two attached hydrogens (primary N) is 1. The number of amides is 2. The van der Waals surface area contributed by atoms with Gasteiger partial charge in [0.05, 0.1) is 6.04 Å². The fourth-order valence-electron chi connectivity index (χ4n) is 2.76. The summed E-state index contributed by atoms with van der Waals surface area (Å²) in [5.41, 5.74) is 6.70. The van der Waals surface area contributed by atoms with Crippen molar-refractivity contribution >= 4 is 35.6 Å². The van der Waals surface area contributed by atoms with Crippen LogP contribution in [0, 0.1) is 0 Å². The molecule has 190 valence electrons. The number of carbonyl (C=O) groups excluding carboxylic acids is 4. The van der Waals surface area contributed by atoms with Gasteiger partial charge in [0, 0.05) is 23.6 Å². The van der Waals surface area contributed by atoms with Crippen molar-refractivity contribution in [3.8, 4) is 5.75 Å². The highest BCUT2D eigenvalue weighted by atomic mass is 16.6. The summed E-state index contributed by atoms with van der Waals surface area (Å²) in [6, 6.07) is 10.9. The monoisotopic (exact) mass is 499 g/mol. The largest absolute Gasteiger partial charge is 0.482 e. The Labute approximate surface area is 206 Å². The molecule has 0 heterocycles. The lowest BCUT2D eigenvalue weighted by molar-refractivity contribution is -0.142. The van der Waals surface area contributed by atoms with E-state index in [1.165, 1.54) is 62.4 Å². The van der Waals surface area contributed by atoms with Crippen LogP contribution in [0.1, 0.15) is 40.1 Å². The van der Waals surface area contributed by atoms with Crippen LogP contribution in [0.4, 0.5) is 4.79 Å². The van der Waals surface area contributed by atoms with Crippen LogP contribution in [0.25, 0.3) is 0 Å². The third-order valence-electron chi connectivity index (χ3n) is 4.51. The predicted molar refractivity (Wildman–Crippen MR) is 126 cm³/mol. The summed E-state index contributed by atoms with van der Waals surface area (Å²) in [7, 11) is 0. The smallest absolute Gasteiger partial charge is 0.435 e. The highest BCUT2D eigenvalue weighted by Crippen LogP contribution is 2.14. The van der Waals surface area contributed by atoms with Gasteiger partial charge in [0.15, 0.2) is 12.4 Å². The molecule has 36 heavy (non-hydrogen) atoms. The Hall–Kier alpha value is -4.74. The molecule has 0 aromatic heterocycles. The molecule has 0 saturated heterocycles. The molecule has 0 radical (unpaired) electrons. The second-order valence-corrected chi connectivity index (χ2v) is 7.29. The molecule has 12 heteroatoms. The van der Waals surface area contributed by atoms with Crippen molar-refractivity contribution in [2.45, 2.75) is 19.9 Å². The molecule has 0 aliphatic heterocycles. The Morgan fingerprint density at radius 2 is 1.47 bits per heavy atom. The van der Waals surface area contributed by atoms with Gasteiger partial charge in [-0.2, -0.15) is 4.99 Å². The van der Waals surface area contributed by atoms with Crippen LogP contribution in [0.15, 0.2) is 53.5 Å². The van der Waals surface area contributed by atoms with Crippen LogP contribution in [0.2, 0.25) is 0 Å². The van der Waals surface area contributed by atoms with Gasteiger partial charge in [-0.15, -0.1) is 0 Å². The molecule has 0 unspecified atom stereocenters. The molecule has 0 aliphatic carbocycles. The summed E-state index contributed by atoms with van der Waals surface area (Å²) < 4.78 is 14.4. The summed E-state index contributed by atoms with van der Waals surface area (Å²) in [5.74, 6) is -2.33.